The van der Waals surface area contributed by atoms with Crippen LogP contribution in [0.2, 0.25) is 0 Å². The molecule has 30 heteroatoms. The first-order valence-corrected chi connectivity index (χ1v) is 18.2. The van der Waals surface area contributed by atoms with Gasteiger partial charge in [-0.25, -0.2) is 13.8 Å². The first kappa shape index (κ1) is 44.8. The smallest absolute Gasteiger partial charge is 0.397 e. The molecule has 0 saturated carbocycles. The lowest BCUT2D eigenvalue weighted by molar-refractivity contribution is -0.363. The van der Waals surface area contributed by atoms with Crippen LogP contribution < -0.4 is 4.72 Å². The molecule has 0 radical (unpaired) electrons. The molecule has 0 spiro atoms. The zero-order chi connectivity index (χ0) is 40.6. The quantitative estimate of drug-likeness (QED) is 0.0681. The molecule has 0 aromatic rings. The number of carboxylic acid groups (broad SMARTS) is 2. The molecule has 14 N–H and O–H groups in total. The summed E-state index contributed by atoms with van der Waals surface area (Å²) in [5, 5.41) is 112. The van der Waals surface area contributed by atoms with Gasteiger partial charge in [0.1, 0.15) is 79.3 Å². The molecule has 4 heterocycles. The van der Waals surface area contributed by atoms with E-state index in [1.807, 2.05) is 0 Å². The second-order valence-corrected chi connectivity index (χ2v) is 14.4. The number of rotatable bonds is 15. The maximum absolute atomic E-state index is 12.4. The molecule has 0 unspecified atom stereocenters. The van der Waals surface area contributed by atoms with Gasteiger partial charge in [0, 0.05) is 0 Å². The SMILES string of the molecule is O=C(O)[C@@H]1O[C@@H](O[C@H]2[C@H](O)[C@@H](NS(=O)(=O)O)[C@@H](O[C@H]3[C@H](O)[C@@H](OS(=O)(=O)O)[C@H](O[C@H]4[C@H](O)[C@@H](CO)O[C@@H]4CO)O[C@H]3C(=O)O)O[C@@H]2CO)[C@H](O)[C@@H](O)[C@@H]1O. The minimum absolute atomic E-state index is 0.834. The van der Waals surface area contributed by atoms with Crippen molar-refractivity contribution in [1.29, 1.82) is 0 Å². The maximum atomic E-state index is 12.4. The average Bonchev–Trinajstić information content (AvgIpc) is 3.38. The normalized spacial score (nSPS) is 44.9. The van der Waals surface area contributed by atoms with E-state index < -0.39 is 169 Å². The van der Waals surface area contributed by atoms with E-state index in [1.54, 1.807) is 0 Å². The van der Waals surface area contributed by atoms with E-state index >= 15 is 0 Å². The molecule has 4 fully saturated rings. The Bertz CT molecular complexity index is 1520. The highest BCUT2D eigenvalue weighted by atomic mass is 32.3. The Morgan fingerprint density at radius 1 is 0.537 bits per heavy atom. The molecule has 0 bridgehead atoms. The van der Waals surface area contributed by atoms with Gasteiger partial charge in [-0.1, -0.05) is 0 Å². The molecule has 4 aliphatic rings. The number of nitrogens with one attached hydrogen (secondary N) is 1. The van der Waals surface area contributed by atoms with Crippen molar-refractivity contribution in [2.45, 2.75) is 116 Å². The fraction of sp³-hybridized carbons (Fsp3) is 0.917. The largest absolute Gasteiger partial charge is 0.479 e. The van der Waals surface area contributed by atoms with E-state index in [9.17, 15) is 91.7 Å². The molecule has 28 nitrogen and oxygen atoms in total. The number of hydrogen-bond acceptors (Lipinski definition) is 23. The molecular formula is C24H39NO27S2. The van der Waals surface area contributed by atoms with Crippen molar-refractivity contribution in [3.63, 3.8) is 0 Å². The molecule has 4 rings (SSSR count). The average molecular weight is 838 g/mol. The van der Waals surface area contributed by atoms with Crippen molar-refractivity contribution < 1.29 is 129 Å². The summed E-state index contributed by atoms with van der Waals surface area (Å²) in [4.78, 5) is 23.9. The molecule has 54 heavy (non-hydrogen) atoms. The highest BCUT2D eigenvalue weighted by molar-refractivity contribution is 7.83. The third-order valence-electron chi connectivity index (χ3n) is 8.61. The van der Waals surface area contributed by atoms with E-state index in [4.69, 9.17) is 33.2 Å². The Balaban J connectivity index is 1.66. The molecule has 19 atom stereocenters. The maximum Gasteiger partial charge on any atom is 0.397 e. The highest BCUT2D eigenvalue weighted by Crippen LogP contribution is 2.36. The predicted octanol–water partition coefficient (Wildman–Crippen LogP) is -9.66. The third kappa shape index (κ3) is 9.94. The first-order chi connectivity index (χ1) is 25.0. The molecule has 0 amide bonds. The number of hydrogen-bond donors (Lipinski definition) is 14. The van der Waals surface area contributed by atoms with E-state index in [0.29, 0.717) is 0 Å². The van der Waals surface area contributed by atoms with Gasteiger partial charge in [0.2, 0.25) is 0 Å². The second-order valence-electron chi connectivity index (χ2n) is 12.2. The van der Waals surface area contributed by atoms with Gasteiger partial charge in [0.25, 0.3) is 0 Å². The number of carboxylic acids is 2. The van der Waals surface area contributed by atoms with E-state index in [1.165, 1.54) is 4.72 Å². The zero-order valence-corrected chi connectivity index (χ0v) is 28.6. The van der Waals surface area contributed by atoms with Gasteiger partial charge in [-0.05, 0) is 0 Å². The van der Waals surface area contributed by atoms with Gasteiger partial charge in [0.05, 0.1) is 19.8 Å². The van der Waals surface area contributed by atoms with Crippen LogP contribution in [0.5, 0.6) is 0 Å². The van der Waals surface area contributed by atoms with Crippen molar-refractivity contribution in [3.05, 3.63) is 0 Å². The third-order valence-corrected chi connectivity index (χ3v) is 9.65. The fourth-order valence-corrected chi connectivity index (χ4v) is 7.17. The summed E-state index contributed by atoms with van der Waals surface area (Å²) < 4.78 is 109. The van der Waals surface area contributed by atoms with E-state index in [0.717, 1.165) is 0 Å². The van der Waals surface area contributed by atoms with Crippen LogP contribution in [-0.2, 0) is 67.6 Å². The zero-order valence-electron chi connectivity index (χ0n) is 26.9. The molecule has 4 saturated heterocycles. The fourth-order valence-electron chi connectivity index (χ4n) is 6.09. The summed E-state index contributed by atoms with van der Waals surface area (Å²) >= 11 is 0. The number of aliphatic hydroxyl groups is 9. The van der Waals surface area contributed by atoms with Crippen LogP contribution in [0.15, 0.2) is 0 Å². The Morgan fingerprint density at radius 3 is 1.56 bits per heavy atom. The molecule has 0 aromatic heterocycles. The van der Waals surface area contributed by atoms with Crippen LogP contribution in [0.1, 0.15) is 0 Å². The Morgan fingerprint density at radius 2 is 1.04 bits per heavy atom. The van der Waals surface area contributed by atoms with Crippen LogP contribution >= 0.6 is 0 Å². The lowest BCUT2D eigenvalue weighted by atomic mass is 9.95. The minimum atomic E-state index is -5.62. The Labute approximate surface area is 302 Å². The van der Waals surface area contributed by atoms with Gasteiger partial charge in [-0.15, -0.1) is 0 Å². The van der Waals surface area contributed by atoms with Gasteiger partial charge in [-0.2, -0.15) is 21.6 Å². The Kier molecular flexibility index (Phi) is 14.6. The van der Waals surface area contributed by atoms with Crippen molar-refractivity contribution in [1.82, 2.24) is 4.72 Å². The molecular weight excluding hydrogens is 798 g/mol. The standard InChI is InChI=1S/C24H39NO27S2/c26-1-4-8(29)14(5(2-27)45-4)48-24-18(52-54(42,43)44)13(34)16(19(51-24)21(37)38)49-22-7(25-53(39,40)41)9(30)15(6(3-28)46-22)47-23-12(33)10(31)11(32)17(50-23)20(35)36/h4-19,22-34H,1-3H2,(H,35,36)(H,37,38)(H,39,40,41)(H,42,43,44)/t4-,5-,6-,7-,8-,9-,10+,11+,12-,13+,14-,15-,16+,17-,18-,19-,22-,23-,24-/m1/s1. The number of aliphatic hydroxyl groups excluding tert-OH is 9. The van der Waals surface area contributed by atoms with Crippen molar-refractivity contribution in [3.8, 4) is 0 Å². The molecule has 0 aromatic carbocycles. The highest BCUT2D eigenvalue weighted by Gasteiger charge is 2.58. The second kappa shape index (κ2) is 17.7. The Hall–Kier alpha value is -1.96. The van der Waals surface area contributed by atoms with Crippen LogP contribution in [0, 0.1) is 0 Å². The molecule has 314 valence electrons. The van der Waals surface area contributed by atoms with E-state index in [2.05, 4.69) is 4.18 Å². The van der Waals surface area contributed by atoms with Crippen LogP contribution in [0.4, 0.5) is 0 Å². The number of carbonyl (C=O) groups is 2. The first-order valence-electron chi connectivity index (χ1n) is 15.4. The summed E-state index contributed by atoms with van der Waals surface area (Å²) in [7, 11) is -11.1. The summed E-state index contributed by atoms with van der Waals surface area (Å²) in [5.74, 6) is -3.90. The topological polar surface area (TPSA) is 451 Å². The van der Waals surface area contributed by atoms with Crippen LogP contribution in [0.3, 0.4) is 0 Å². The lowest BCUT2D eigenvalue weighted by Gasteiger charge is -2.48. The summed E-state index contributed by atoms with van der Waals surface area (Å²) in [6, 6.07) is -2.40. The number of ether oxygens (including phenoxy) is 7. The lowest BCUT2D eigenvalue weighted by Crippen LogP contribution is -2.70. The van der Waals surface area contributed by atoms with Gasteiger partial charge < -0.3 is 89.3 Å². The van der Waals surface area contributed by atoms with Gasteiger partial charge in [-0.3, -0.25) is 9.11 Å². The molecule has 4 aliphatic heterocycles. The van der Waals surface area contributed by atoms with Crippen molar-refractivity contribution in [2.75, 3.05) is 19.8 Å². The predicted molar refractivity (Wildman–Crippen MR) is 157 cm³/mol. The van der Waals surface area contributed by atoms with Gasteiger partial charge >= 0.3 is 32.6 Å². The number of aliphatic carboxylic acids is 2. The van der Waals surface area contributed by atoms with Crippen molar-refractivity contribution in [2.24, 2.45) is 0 Å². The summed E-state index contributed by atoms with van der Waals surface area (Å²) in [6.07, 6.45) is -39.3. The van der Waals surface area contributed by atoms with Gasteiger partial charge in [0.15, 0.2) is 37.2 Å². The van der Waals surface area contributed by atoms with Crippen LogP contribution in [0.25, 0.3) is 0 Å². The van der Waals surface area contributed by atoms with Crippen molar-refractivity contribution >= 4 is 32.6 Å². The van der Waals surface area contributed by atoms with E-state index in [-0.39, 0.29) is 0 Å². The minimum Gasteiger partial charge on any atom is -0.479 e. The van der Waals surface area contributed by atoms with Crippen LogP contribution in [-0.4, -0.2) is 230 Å². The molecule has 0 aliphatic carbocycles. The summed E-state index contributed by atoms with van der Waals surface area (Å²) in [6.45, 7) is -2.97. The monoisotopic (exact) mass is 837 g/mol. The summed E-state index contributed by atoms with van der Waals surface area (Å²) in [5.41, 5.74) is 0.